The van der Waals surface area contributed by atoms with Gasteiger partial charge in [-0.15, -0.1) is 11.6 Å². The van der Waals surface area contributed by atoms with E-state index in [1.807, 2.05) is 24.3 Å². The minimum Gasteiger partial charge on any atom is -0.497 e. The first-order valence-electron chi connectivity index (χ1n) is 5.35. The van der Waals surface area contributed by atoms with Crippen molar-refractivity contribution in [2.45, 2.75) is 5.38 Å². The van der Waals surface area contributed by atoms with Crippen LogP contribution in [0.4, 0.5) is 4.39 Å². The maximum Gasteiger partial charge on any atom is 0.137 e. The lowest BCUT2D eigenvalue weighted by Gasteiger charge is -2.13. The van der Waals surface area contributed by atoms with Gasteiger partial charge in [-0.2, -0.15) is 0 Å². The molecule has 4 heteroatoms. The predicted molar refractivity (Wildman–Crippen MR) is 74.8 cm³/mol. The lowest BCUT2D eigenvalue weighted by atomic mass is 10.0. The second kappa shape index (κ2) is 5.72. The van der Waals surface area contributed by atoms with Crippen LogP contribution in [-0.4, -0.2) is 7.11 Å². The summed E-state index contributed by atoms with van der Waals surface area (Å²) in [5.41, 5.74) is 1.60. The largest absolute Gasteiger partial charge is 0.497 e. The molecule has 94 valence electrons. The smallest absolute Gasteiger partial charge is 0.137 e. The van der Waals surface area contributed by atoms with Crippen molar-refractivity contribution in [3.63, 3.8) is 0 Å². The maximum absolute atomic E-state index is 13.4. The Morgan fingerprint density at radius 2 is 1.83 bits per heavy atom. The van der Waals surface area contributed by atoms with E-state index in [0.717, 1.165) is 11.3 Å². The van der Waals surface area contributed by atoms with Crippen LogP contribution >= 0.6 is 27.5 Å². The van der Waals surface area contributed by atoms with Crippen molar-refractivity contribution in [2.75, 3.05) is 7.11 Å². The van der Waals surface area contributed by atoms with Crippen LogP contribution in [0.1, 0.15) is 16.5 Å². The average Bonchev–Trinajstić information content (AvgIpc) is 2.41. The SMILES string of the molecule is COc1ccc(C(Cl)c2cccc(F)c2Br)cc1. The van der Waals surface area contributed by atoms with Gasteiger partial charge >= 0.3 is 0 Å². The summed E-state index contributed by atoms with van der Waals surface area (Å²) in [6.07, 6.45) is 0. The summed E-state index contributed by atoms with van der Waals surface area (Å²) in [6, 6.07) is 12.2. The molecule has 0 spiro atoms. The van der Waals surface area contributed by atoms with Gasteiger partial charge in [0.15, 0.2) is 0 Å². The fraction of sp³-hybridized carbons (Fsp3) is 0.143. The Hall–Kier alpha value is -1.06. The fourth-order valence-corrected chi connectivity index (χ4v) is 2.62. The molecule has 1 unspecified atom stereocenters. The van der Waals surface area contributed by atoms with Crippen LogP contribution in [0.5, 0.6) is 5.75 Å². The topological polar surface area (TPSA) is 9.23 Å². The molecule has 0 bridgehead atoms. The van der Waals surface area contributed by atoms with E-state index in [-0.39, 0.29) is 5.82 Å². The van der Waals surface area contributed by atoms with Crippen LogP contribution in [0.3, 0.4) is 0 Å². The highest BCUT2D eigenvalue weighted by Crippen LogP contribution is 2.35. The van der Waals surface area contributed by atoms with Gasteiger partial charge in [0.2, 0.25) is 0 Å². The zero-order valence-electron chi connectivity index (χ0n) is 9.66. The molecule has 0 aliphatic carbocycles. The van der Waals surface area contributed by atoms with Gasteiger partial charge in [-0.1, -0.05) is 24.3 Å². The molecule has 2 rings (SSSR count). The third-order valence-electron chi connectivity index (χ3n) is 2.66. The van der Waals surface area contributed by atoms with E-state index in [0.29, 0.717) is 10.0 Å². The molecule has 2 aromatic rings. The third-order valence-corrected chi connectivity index (χ3v) is 3.99. The summed E-state index contributed by atoms with van der Waals surface area (Å²) < 4.78 is 18.9. The number of benzene rings is 2. The second-order valence-corrected chi connectivity index (χ2v) is 5.01. The fourth-order valence-electron chi connectivity index (χ4n) is 1.67. The van der Waals surface area contributed by atoms with Gasteiger partial charge in [0, 0.05) is 0 Å². The summed E-state index contributed by atoms with van der Waals surface area (Å²) >= 11 is 9.59. The second-order valence-electron chi connectivity index (χ2n) is 3.78. The molecule has 0 aromatic heterocycles. The molecule has 1 atom stereocenters. The van der Waals surface area contributed by atoms with Gasteiger partial charge in [0.25, 0.3) is 0 Å². The van der Waals surface area contributed by atoms with E-state index in [1.54, 1.807) is 19.2 Å². The summed E-state index contributed by atoms with van der Waals surface area (Å²) in [5.74, 6) is 0.451. The summed E-state index contributed by atoms with van der Waals surface area (Å²) in [6.45, 7) is 0. The van der Waals surface area contributed by atoms with E-state index in [2.05, 4.69) is 15.9 Å². The van der Waals surface area contributed by atoms with Crippen molar-refractivity contribution < 1.29 is 9.13 Å². The van der Waals surface area contributed by atoms with E-state index < -0.39 is 5.38 Å². The zero-order chi connectivity index (χ0) is 13.1. The Kier molecular flexibility index (Phi) is 4.25. The summed E-state index contributed by atoms with van der Waals surface area (Å²) in [7, 11) is 1.61. The normalized spacial score (nSPS) is 12.2. The molecule has 0 saturated heterocycles. The number of hydrogen-bond donors (Lipinski definition) is 0. The first-order chi connectivity index (χ1) is 8.63. The quantitative estimate of drug-likeness (QED) is 0.726. The molecule has 0 aliphatic rings. The molecule has 0 amide bonds. The lowest BCUT2D eigenvalue weighted by molar-refractivity contribution is 0.414. The van der Waals surface area contributed by atoms with Crippen LogP contribution in [0, 0.1) is 5.82 Å². The van der Waals surface area contributed by atoms with Crippen molar-refractivity contribution in [1.82, 2.24) is 0 Å². The molecule has 1 nitrogen and oxygen atoms in total. The Labute approximate surface area is 119 Å². The number of hydrogen-bond acceptors (Lipinski definition) is 1. The van der Waals surface area contributed by atoms with E-state index in [1.165, 1.54) is 6.07 Å². The number of rotatable bonds is 3. The van der Waals surface area contributed by atoms with Gasteiger partial charge in [-0.05, 0) is 45.3 Å². The van der Waals surface area contributed by atoms with E-state index >= 15 is 0 Å². The van der Waals surface area contributed by atoms with Crippen LogP contribution in [-0.2, 0) is 0 Å². The van der Waals surface area contributed by atoms with Crippen molar-refractivity contribution in [2.24, 2.45) is 0 Å². The van der Waals surface area contributed by atoms with Crippen LogP contribution < -0.4 is 4.74 Å². The lowest BCUT2D eigenvalue weighted by Crippen LogP contribution is -1.96. The average molecular weight is 330 g/mol. The molecular formula is C14H11BrClFO. The van der Waals surface area contributed by atoms with E-state index in [4.69, 9.17) is 16.3 Å². The zero-order valence-corrected chi connectivity index (χ0v) is 12.0. The van der Waals surface area contributed by atoms with Gasteiger partial charge in [-0.3, -0.25) is 0 Å². The highest BCUT2D eigenvalue weighted by atomic mass is 79.9. The number of alkyl halides is 1. The van der Waals surface area contributed by atoms with Crippen molar-refractivity contribution in [3.05, 3.63) is 63.9 Å². The van der Waals surface area contributed by atoms with Crippen LogP contribution in [0.2, 0.25) is 0 Å². The van der Waals surface area contributed by atoms with Crippen molar-refractivity contribution >= 4 is 27.5 Å². The molecule has 0 fully saturated rings. The highest BCUT2D eigenvalue weighted by Gasteiger charge is 2.16. The third kappa shape index (κ3) is 2.68. The molecule has 2 aromatic carbocycles. The summed E-state index contributed by atoms with van der Waals surface area (Å²) in [5, 5.41) is -0.402. The Bertz CT molecular complexity index is 542. The maximum atomic E-state index is 13.4. The molecular weight excluding hydrogens is 319 g/mol. The molecule has 0 radical (unpaired) electrons. The Morgan fingerprint density at radius 3 is 2.44 bits per heavy atom. The van der Waals surface area contributed by atoms with Crippen LogP contribution in [0.25, 0.3) is 0 Å². The molecule has 0 N–H and O–H groups in total. The minimum atomic E-state index is -0.402. The molecule has 0 saturated carbocycles. The molecule has 0 heterocycles. The van der Waals surface area contributed by atoms with Gasteiger partial charge < -0.3 is 4.74 Å². The van der Waals surface area contributed by atoms with Gasteiger partial charge in [0.1, 0.15) is 11.6 Å². The first kappa shape index (κ1) is 13.4. The monoisotopic (exact) mass is 328 g/mol. The van der Waals surface area contributed by atoms with Gasteiger partial charge in [0.05, 0.1) is 17.0 Å². The van der Waals surface area contributed by atoms with Crippen LogP contribution in [0.15, 0.2) is 46.9 Å². The number of halogens is 3. The first-order valence-corrected chi connectivity index (χ1v) is 6.58. The highest BCUT2D eigenvalue weighted by molar-refractivity contribution is 9.10. The summed E-state index contributed by atoms with van der Waals surface area (Å²) in [4.78, 5) is 0. The minimum absolute atomic E-state index is 0.313. The molecule has 18 heavy (non-hydrogen) atoms. The Morgan fingerprint density at radius 1 is 1.17 bits per heavy atom. The Balaban J connectivity index is 2.35. The standard InChI is InChI=1S/C14H11BrClFO/c1-18-10-7-5-9(6-8-10)14(16)11-3-2-4-12(17)13(11)15/h2-8,14H,1H3. The van der Waals surface area contributed by atoms with Crippen molar-refractivity contribution in [3.8, 4) is 5.75 Å². The van der Waals surface area contributed by atoms with Crippen molar-refractivity contribution in [1.29, 1.82) is 0 Å². The van der Waals surface area contributed by atoms with E-state index in [9.17, 15) is 4.39 Å². The number of ether oxygens (including phenoxy) is 1. The van der Waals surface area contributed by atoms with Gasteiger partial charge in [-0.25, -0.2) is 4.39 Å². The molecule has 0 aliphatic heterocycles. The predicted octanol–water partition coefficient (Wildman–Crippen LogP) is 4.93. The number of methoxy groups -OCH3 is 1.